The highest BCUT2D eigenvalue weighted by molar-refractivity contribution is 4.87. The van der Waals surface area contributed by atoms with Crippen LogP contribution in [0, 0.1) is 17.8 Å². The third kappa shape index (κ3) is 5.91. The molecule has 0 aromatic rings. The second-order valence-electron chi connectivity index (χ2n) is 10.0. The molecule has 162 valence electrons. The van der Waals surface area contributed by atoms with E-state index in [2.05, 4.69) is 21.3 Å². The standard InChI is InChI=1S/C23H44N4O/c1-28-22-11-7-18(8-12-22)19-15-25-23(26-16-19)27-21-9-5-17(6-10-21)13-14-24-20-3-2-4-20/h17-27H,2-16H2,1H3. The molecule has 0 spiro atoms. The Morgan fingerprint density at radius 2 is 1.50 bits per heavy atom. The maximum Gasteiger partial charge on any atom is 0.112 e. The van der Waals surface area contributed by atoms with E-state index in [-0.39, 0.29) is 0 Å². The molecule has 0 aromatic heterocycles. The van der Waals surface area contributed by atoms with Crippen molar-refractivity contribution in [3.05, 3.63) is 0 Å². The minimum Gasteiger partial charge on any atom is -0.381 e. The van der Waals surface area contributed by atoms with Gasteiger partial charge in [0.2, 0.25) is 0 Å². The van der Waals surface area contributed by atoms with Gasteiger partial charge in [0.1, 0.15) is 6.29 Å². The summed E-state index contributed by atoms with van der Waals surface area (Å²) in [6, 6.07) is 1.54. The Bertz CT molecular complexity index is 434. The Labute approximate surface area is 172 Å². The van der Waals surface area contributed by atoms with Gasteiger partial charge in [-0.05, 0) is 94.9 Å². The molecule has 4 aliphatic rings. The molecule has 1 saturated heterocycles. The van der Waals surface area contributed by atoms with Crippen molar-refractivity contribution >= 4 is 0 Å². The van der Waals surface area contributed by atoms with Gasteiger partial charge in [0.15, 0.2) is 0 Å². The lowest BCUT2D eigenvalue weighted by Crippen LogP contribution is -2.63. The largest absolute Gasteiger partial charge is 0.381 e. The normalized spacial score (nSPS) is 40.2. The van der Waals surface area contributed by atoms with E-state index < -0.39 is 0 Å². The van der Waals surface area contributed by atoms with Gasteiger partial charge in [-0.2, -0.15) is 0 Å². The van der Waals surface area contributed by atoms with Crippen molar-refractivity contribution in [1.29, 1.82) is 0 Å². The van der Waals surface area contributed by atoms with Crippen LogP contribution in [-0.2, 0) is 4.74 Å². The van der Waals surface area contributed by atoms with Gasteiger partial charge in [-0.15, -0.1) is 0 Å². The Hall–Kier alpha value is -0.200. The van der Waals surface area contributed by atoms with E-state index >= 15 is 0 Å². The van der Waals surface area contributed by atoms with Gasteiger partial charge in [-0.1, -0.05) is 6.42 Å². The van der Waals surface area contributed by atoms with Crippen molar-refractivity contribution < 1.29 is 4.74 Å². The van der Waals surface area contributed by atoms with E-state index in [0.717, 1.165) is 36.9 Å². The van der Waals surface area contributed by atoms with Crippen LogP contribution in [0.4, 0.5) is 0 Å². The molecule has 3 saturated carbocycles. The maximum absolute atomic E-state index is 5.53. The van der Waals surface area contributed by atoms with Crippen LogP contribution in [0.3, 0.4) is 0 Å². The first-order valence-corrected chi connectivity index (χ1v) is 12.3. The van der Waals surface area contributed by atoms with E-state index in [4.69, 9.17) is 4.74 Å². The number of ether oxygens (including phenoxy) is 1. The summed E-state index contributed by atoms with van der Waals surface area (Å²) in [6.07, 6.45) is 17.1. The molecular formula is C23H44N4O. The molecule has 5 nitrogen and oxygen atoms in total. The van der Waals surface area contributed by atoms with E-state index in [1.54, 1.807) is 0 Å². The summed E-state index contributed by atoms with van der Waals surface area (Å²) in [4.78, 5) is 0. The summed E-state index contributed by atoms with van der Waals surface area (Å²) in [6.45, 7) is 3.57. The van der Waals surface area contributed by atoms with Crippen molar-refractivity contribution in [1.82, 2.24) is 21.3 Å². The summed E-state index contributed by atoms with van der Waals surface area (Å²) >= 11 is 0. The van der Waals surface area contributed by atoms with Crippen LogP contribution in [-0.4, -0.2) is 51.2 Å². The molecule has 3 aliphatic carbocycles. The lowest BCUT2D eigenvalue weighted by atomic mass is 9.78. The number of rotatable bonds is 8. The molecular weight excluding hydrogens is 348 g/mol. The Morgan fingerprint density at radius 1 is 0.786 bits per heavy atom. The fraction of sp³-hybridized carbons (Fsp3) is 1.00. The molecule has 4 fully saturated rings. The van der Waals surface area contributed by atoms with Crippen molar-refractivity contribution in [3.63, 3.8) is 0 Å². The number of hydrogen-bond donors (Lipinski definition) is 4. The molecule has 1 aliphatic heterocycles. The Kier molecular flexibility index (Phi) is 8.06. The third-order valence-electron chi connectivity index (χ3n) is 8.23. The van der Waals surface area contributed by atoms with Crippen molar-refractivity contribution in [2.24, 2.45) is 17.8 Å². The molecule has 0 amide bonds. The predicted molar refractivity (Wildman–Crippen MR) is 115 cm³/mol. The summed E-state index contributed by atoms with van der Waals surface area (Å²) in [5.41, 5.74) is 0. The quantitative estimate of drug-likeness (QED) is 0.512. The van der Waals surface area contributed by atoms with Gasteiger partial charge in [-0.3, -0.25) is 16.0 Å². The topological polar surface area (TPSA) is 57.4 Å². The van der Waals surface area contributed by atoms with Crippen LogP contribution in [0.2, 0.25) is 0 Å². The van der Waals surface area contributed by atoms with E-state index in [1.165, 1.54) is 83.6 Å². The first-order chi connectivity index (χ1) is 13.8. The number of nitrogens with one attached hydrogen (secondary N) is 4. The van der Waals surface area contributed by atoms with Gasteiger partial charge in [0, 0.05) is 32.3 Å². The van der Waals surface area contributed by atoms with Crippen LogP contribution in [0.5, 0.6) is 0 Å². The second kappa shape index (κ2) is 10.7. The minimum absolute atomic E-state index is 0.313. The van der Waals surface area contributed by atoms with Gasteiger partial charge >= 0.3 is 0 Å². The summed E-state index contributed by atoms with van der Waals surface area (Å²) in [5.74, 6) is 2.61. The van der Waals surface area contributed by atoms with E-state index in [0.29, 0.717) is 18.4 Å². The zero-order valence-electron chi connectivity index (χ0n) is 18.1. The fourth-order valence-electron chi connectivity index (χ4n) is 5.89. The Morgan fingerprint density at radius 3 is 2.11 bits per heavy atom. The van der Waals surface area contributed by atoms with Crippen molar-refractivity contribution in [2.45, 2.75) is 102 Å². The van der Waals surface area contributed by atoms with Crippen LogP contribution in [0.25, 0.3) is 0 Å². The molecule has 1 heterocycles. The smallest absolute Gasteiger partial charge is 0.112 e. The van der Waals surface area contributed by atoms with Gasteiger partial charge < -0.3 is 10.1 Å². The molecule has 5 heteroatoms. The average molecular weight is 393 g/mol. The summed E-state index contributed by atoms with van der Waals surface area (Å²) in [7, 11) is 1.87. The predicted octanol–water partition coefficient (Wildman–Crippen LogP) is 2.96. The number of methoxy groups -OCH3 is 1. The van der Waals surface area contributed by atoms with E-state index in [1.807, 2.05) is 7.11 Å². The monoisotopic (exact) mass is 392 g/mol. The first-order valence-electron chi connectivity index (χ1n) is 12.3. The van der Waals surface area contributed by atoms with Gasteiger partial charge in [0.25, 0.3) is 0 Å². The lowest BCUT2D eigenvalue weighted by molar-refractivity contribution is 0.0414. The van der Waals surface area contributed by atoms with Crippen molar-refractivity contribution in [2.75, 3.05) is 26.7 Å². The highest BCUT2D eigenvalue weighted by Crippen LogP contribution is 2.32. The SMILES string of the molecule is COC1CCC(C2CNC(NC3CCC(CCNC4CCC4)CC3)NC2)CC1. The molecule has 28 heavy (non-hydrogen) atoms. The molecule has 0 radical (unpaired) electrons. The van der Waals surface area contributed by atoms with Crippen LogP contribution >= 0.6 is 0 Å². The molecule has 4 N–H and O–H groups in total. The third-order valence-corrected chi connectivity index (χ3v) is 8.23. The maximum atomic E-state index is 5.53. The minimum atomic E-state index is 0.313. The Balaban J connectivity index is 1.07. The average Bonchev–Trinajstić information content (AvgIpc) is 2.72. The second-order valence-corrected chi connectivity index (χ2v) is 10.0. The first kappa shape index (κ1) is 21.0. The van der Waals surface area contributed by atoms with Crippen LogP contribution in [0.1, 0.15) is 77.0 Å². The van der Waals surface area contributed by atoms with E-state index in [9.17, 15) is 0 Å². The zero-order valence-corrected chi connectivity index (χ0v) is 18.1. The zero-order chi connectivity index (χ0) is 19.2. The molecule has 0 bridgehead atoms. The van der Waals surface area contributed by atoms with Gasteiger partial charge in [0.05, 0.1) is 6.10 Å². The highest BCUT2D eigenvalue weighted by atomic mass is 16.5. The van der Waals surface area contributed by atoms with Crippen molar-refractivity contribution in [3.8, 4) is 0 Å². The summed E-state index contributed by atoms with van der Waals surface area (Å²) in [5, 5.41) is 15.1. The van der Waals surface area contributed by atoms with Gasteiger partial charge in [-0.25, -0.2) is 0 Å². The molecule has 4 rings (SSSR count). The lowest BCUT2D eigenvalue weighted by Gasteiger charge is -2.40. The fourth-order valence-corrected chi connectivity index (χ4v) is 5.89. The van der Waals surface area contributed by atoms with Crippen LogP contribution < -0.4 is 21.3 Å². The molecule has 0 atom stereocenters. The molecule has 0 aromatic carbocycles. The summed E-state index contributed by atoms with van der Waals surface area (Å²) < 4.78 is 5.53. The highest BCUT2D eigenvalue weighted by Gasteiger charge is 2.31. The molecule has 0 unspecified atom stereocenters. The number of hydrogen-bond acceptors (Lipinski definition) is 5. The van der Waals surface area contributed by atoms with Crippen LogP contribution in [0.15, 0.2) is 0 Å².